The topological polar surface area (TPSA) is 97.6 Å². The molecule has 0 aliphatic heterocycles. The molecule has 1 heterocycles. The summed E-state index contributed by atoms with van der Waals surface area (Å²) in [6.45, 7) is -0.596. The van der Waals surface area contributed by atoms with Crippen molar-refractivity contribution in [2.45, 2.75) is 25.6 Å². The Hall–Kier alpha value is -3.30. The minimum absolute atomic E-state index is 0.169. The van der Waals surface area contributed by atoms with Gasteiger partial charge in [0.25, 0.3) is 5.91 Å². The van der Waals surface area contributed by atoms with Crippen molar-refractivity contribution in [1.29, 1.82) is 0 Å². The molecular weight excluding hydrogens is 381 g/mol. The Morgan fingerprint density at radius 1 is 1.00 bits per heavy atom. The number of halogens is 3. The van der Waals surface area contributed by atoms with Gasteiger partial charge in [-0.05, 0) is 24.3 Å². The van der Waals surface area contributed by atoms with Gasteiger partial charge in [0.15, 0.2) is 6.61 Å². The molecule has 10 heteroatoms. The highest BCUT2D eigenvalue weighted by Gasteiger charge is 2.33. The summed E-state index contributed by atoms with van der Waals surface area (Å²) < 4.78 is 48.3. The third kappa shape index (κ3) is 6.78. The Labute approximate surface area is 157 Å². The van der Waals surface area contributed by atoms with Crippen LogP contribution in [-0.4, -0.2) is 24.4 Å². The van der Waals surface area contributed by atoms with E-state index in [-0.39, 0.29) is 19.4 Å². The third-order valence-electron chi connectivity index (χ3n) is 3.47. The average molecular weight is 398 g/mol. The number of esters is 1. The molecule has 0 unspecified atom stereocenters. The Bertz CT molecular complexity index is 819. The number of anilines is 1. The fourth-order valence-electron chi connectivity index (χ4n) is 2.15. The van der Waals surface area contributed by atoms with E-state index >= 15 is 0 Å². The van der Waals surface area contributed by atoms with Crippen LogP contribution in [0.15, 0.2) is 47.1 Å². The number of para-hydroxylation sites is 1. The predicted molar refractivity (Wildman–Crippen MR) is 90.8 cm³/mol. The largest absolute Gasteiger partial charge is 0.467 e. The maximum Gasteiger partial charge on any atom is 0.418 e. The first kappa shape index (κ1) is 21.0. The summed E-state index contributed by atoms with van der Waals surface area (Å²) in [4.78, 5) is 34.9. The van der Waals surface area contributed by atoms with Crippen molar-refractivity contribution in [2.75, 3.05) is 11.9 Å². The van der Waals surface area contributed by atoms with Gasteiger partial charge in [-0.2, -0.15) is 13.2 Å². The average Bonchev–Trinajstić information content (AvgIpc) is 3.16. The zero-order valence-corrected chi connectivity index (χ0v) is 14.5. The summed E-state index contributed by atoms with van der Waals surface area (Å²) in [7, 11) is 0. The van der Waals surface area contributed by atoms with E-state index in [1.807, 2.05) is 5.32 Å². The molecule has 0 spiro atoms. The maximum absolute atomic E-state index is 12.9. The van der Waals surface area contributed by atoms with Gasteiger partial charge in [0.2, 0.25) is 5.91 Å². The first-order valence-electron chi connectivity index (χ1n) is 8.16. The van der Waals surface area contributed by atoms with E-state index in [4.69, 9.17) is 4.42 Å². The first-order valence-corrected chi connectivity index (χ1v) is 8.16. The molecule has 0 saturated carbocycles. The molecule has 0 radical (unpaired) electrons. The molecule has 1 aromatic heterocycles. The first-order chi connectivity index (χ1) is 13.3. The van der Waals surface area contributed by atoms with Crippen LogP contribution in [0.1, 0.15) is 24.2 Å². The number of hydrogen-bond donors (Lipinski definition) is 2. The fraction of sp³-hybridized carbons (Fsp3) is 0.278. The van der Waals surface area contributed by atoms with Gasteiger partial charge in [0.1, 0.15) is 5.76 Å². The SMILES string of the molecule is O=C(CCC(=O)OCC(=O)Nc1ccccc1C(F)(F)F)NCc1ccco1. The monoisotopic (exact) mass is 398 g/mol. The lowest BCUT2D eigenvalue weighted by Gasteiger charge is -2.13. The van der Waals surface area contributed by atoms with Crippen LogP contribution < -0.4 is 10.6 Å². The lowest BCUT2D eigenvalue weighted by atomic mass is 10.1. The molecule has 2 amide bonds. The predicted octanol–water partition coefficient (Wildman–Crippen LogP) is 2.88. The molecule has 28 heavy (non-hydrogen) atoms. The zero-order chi connectivity index (χ0) is 20.6. The van der Waals surface area contributed by atoms with Crippen molar-refractivity contribution in [3.05, 3.63) is 54.0 Å². The second-order valence-electron chi connectivity index (χ2n) is 5.61. The molecule has 150 valence electrons. The van der Waals surface area contributed by atoms with E-state index in [0.717, 1.165) is 12.1 Å². The van der Waals surface area contributed by atoms with Crippen LogP contribution in [0, 0.1) is 0 Å². The van der Waals surface area contributed by atoms with E-state index in [9.17, 15) is 27.6 Å². The molecule has 2 aromatic rings. The number of hydrogen-bond acceptors (Lipinski definition) is 5. The summed E-state index contributed by atoms with van der Waals surface area (Å²) in [6, 6.07) is 7.77. The summed E-state index contributed by atoms with van der Waals surface area (Å²) in [5.41, 5.74) is -1.45. The maximum atomic E-state index is 12.9. The van der Waals surface area contributed by atoms with Crippen molar-refractivity contribution < 1.29 is 36.7 Å². The Morgan fingerprint density at radius 3 is 2.43 bits per heavy atom. The highest BCUT2D eigenvalue weighted by Crippen LogP contribution is 2.34. The molecule has 1 aromatic carbocycles. The zero-order valence-electron chi connectivity index (χ0n) is 14.5. The van der Waals surface area contributed by atoms with Gasteiger partial charge < -0.3 is 19.8 Å². The molecule has 7 nitrogen and oxygen atoms in total. The van der Waals surface area contributed by atoms with Crippen molar-refractivity contribution in [3.8, 4) is 0 Å². The van der Waals surface area contributed by atoms with Crippen LogP contribution in [0.2, 0.25) is 0 Å². The van der Waals surface area contributed by atoms with Gasteiger partial charge in [0, 0.05) is 6.42 Å². The van der Waals surface area contributed by atoms with Crippen molar-refractivity contribution in [2.24, 2.45) is 0 Å². The van der Waals surface area contributed by atoms with E-state index in [1.165, 1.54) is 18.4 Å². The minimum atomic E-state index is -4.64. The lowest BCUT2D eigenvalue weighted by Crippen LogP contribution is -2.25. The molecule has 2 N–H and O–H groups in total. The molecule has 0 aliphatic carbocycles. The van der Waals surface area contributed by atoms with Crippen LogP contribution in [0.3, 0.4) is 0 Å². The summed E-state index contributed by atoms with van der Waals surface area (Å²) in [5, 5.41) is 4.58. The van der Waals surface area contributed by atoms with Crippen LogP contribution in [0.4, 0.5) is 18.9 Å². The molecule has 0 bridgehead atoms. The molecule has 0 aliphatic rings. The number of rotatable bonds is 8. The summed E-state index contributed by atoms with van der Waals surface area (Å²) in [5.74, 6) is -1.62. The number of carbonyl (C=O) groups is 3. The molecule has 2 rings (SSSR count). The van der Waals surface area contributed by atoms with Crippen LogP contribution in [0.25, 0.3) is 0 Å². The van der Waals surface area contributed by atoms with Crippen LogP contribution >= 0.6 is 0 Å². The van der Waals surface area contributed by atoms with Crippen molar-refractivity contribution in [1.82, 2.24) is 5.32 Å². The van der Waals surface area contributed by atoms with Gasteiger partial charge >= 0.3 is 12.1 Å². The van der Waals surface area contributed by atoms with Crippen LogP contribution in [-0.2, 0) is 31.8 Å². The minimum Gasteiger partial charge on any atom is -0.467 e. The smallest absolute Gasteiger partial charge is 0.418 e. The number of ether oxygens (including phenoxy) is 1. The number of furan rings is 1. The highest BCUT2D eigenvalue weighted by atomic mass is 19.4. The second-order valence-corrected chi connectivity index (χ2v) is 5.61. The Balaban J connectivity index is 1.71. The van der Waals surface area contributed by atoms with E-state index in [2.05, 4.69) is 10.1 Å². The quantitative estimate of drug-likeness (QED) is 0.667. The summed E-state index contributed by atoms with van der Waals surface area (Å²) in [6.07, 6.45) is -3.63. The number of benzene rings is 1. The standard InChI is InChI=1S/C18H17F3N2O5/c19-18(20,21)13-5-1-2-6-14(13)23-16(25)11-28-17(26)8-7-15(24)22-10-12-4-3-9-27-12/h1-6,9H,7-8,10-11H2,(H,22,24)(H,23,25). The number of alkyl halides is 3. The van der Waals surface area contributed by atoms with Crippen LogP contribution in [0.5, 0.6) is 0 Å². The number of amides is 2. The normalized spacial score (nSPS) is 11.0. The van der Waals surface area contributed by atoms with E-state index in [1.54, 1.807) is 12.1 Å². The second kappa shape index (κ2) is 9.58. The Morgan fingerprint density at radius 2 is 1.75 bits per heavy atom. The molecule has 0 fully saturated rings. The Kier molecular flexibility index (Phi) is 7.19. The van der Waals surface area contributed by atoms with Crippen molar-refractivity contribution >= 4 is 23.5 Å². The molecule has 0 saturated heterocycles. The fourth-order valence-corrected chi connectivity index (χ4v) is 2.15. The van der Waals surface area contributed by atoms with Gasteiger partial charge in [-0.1, -0.05) is 12.1 Å². The van der Waals surface area contributed by atoms with Gasteiger partial charge in [-0.15, -0.1) is 0 Å². The van der Waals surface area contributed by atoms with Crippen molar-refractivity contribution in [3.63, 3.8) is 0 Å². The number of carbonyl (C=O) groups excluding carboxylic acids is 3. The highest BCUT2D eigenvalue weighted by molar-refractivity contribution is 5.93. The van der Waals surface area contributed by atoms with Gasteiger partial charge in [-0.25, -0.2) is 0 Å². The van der Waals surface area contributed by atoms with Gasteiger partial charge in [0.05, 0.1) is 30.5 Å². The third-order valence-corrected chi connectivity index (χ3v) is 3.47. The molecule has 0 atom stereocenters. The number of nitrogens with one attached hydrogen (secondary N) is 2. The van der Waals surface area contributed by atoms with Gasteiger partial charge in [-0.3, -0.25) is 14.4 Å². The summed E-state index contributed by atoms with van der Waals surface area (Å²) >= 11 is 0. The lowest BCUT2D eigenvalue weighted by molar-refractivity contribution is -0.148. The van der Waals surface area contributed by atoms with E-state index in [0.29, 0.717) is 5.76 Å². The van der Waals surface area contributed by atoms with E-state index < -0.39 is 41.8 Å². The molecular formula is C18H17F3N2O5.